The van der Waals surface area contributed by atoms with Crippen molar-refractivity contribution >= 4 is 0 Å². The predicted molar refractivity (Wildman–Crippen MR) is 66.0 cm³/mol. The lowest BCUT2D eigenvalue weighted by Gasteiger charge is -2.49. The average Bonchev–Trinajstić information content (AvgIpc) is 2.18. The van der Waals surface area contributed by atoms with Crippen molar-refractivity contribution in [3.05, 3.63) is 0 Å². The maximum Gasteiger partial charge on any atom is 0.0116 e. The van der Waals surface area contributed by atoms with Crippen LogP contribution in [0.3, 0.4) is 0 Å². The zero-order valence-corrected chi connectivity index (χ0v) is 10.8. The molecule has 0 radical (unpaired) electrons. The van der Waals surface area contributed by atoms with Crippen molar-refractivity contribution in [2.75, 3.05) is 13.6 Å². The monoisotopic (exact) mass is 209 g/mol. The molecule has 2 fully saturated rings. The maximum atomic E-state index is 2.65. The van der Waals surface area contributed by atoms with E-state index in [-0.39, 0.29) is 0 Å². The highest BCUT2D eigenvalue weighted by atomic mass is 15.1. The number of hydrogen-bond acceptors (Lipinski definition) is 1. The first-order chi connectivity index (χ1) is 7.13. The van der Waals surface area contributed by atoms with Crippen LogP contribution in [0.2, 0.25) is 0 Å². The van der Waals surface area contributed by atoms with Crippen LogP contribution in [-0.2, 0) is 0 Å². The van der Waals surface area contributed by atoms with Crippen molar-refractivity contribution in [2.45, 2.75) is 64.8 Å². The molecule has 1 nitrogen and oxygen atoms in total. The normalized spacial score (nSPS) is 32.4. The zero-order valence-electron chi connectivity index (χ0n) is 10.8. The van der Waals surface area contributed by atoms with Crippen LogP contribution in [0, 0.1) is 11.3 Å². The Morgan fingerprint density at radius 1 is 1.07 bits per heavy atom. The molecule has 0 amide bonds. The van der Waals surface area contributed by atoms with Gasteiger partial charge < -0.3 is 4.90 Å². The Bertz CT molecular complexity index is 203. The van der Waals surface area contributed by atoms with Crippen LogP contribution in [0.25, 0.3) is 0 Å². The van der Waals surface area contributed by atoms with Gasteiger partial charge >= 0.3 is 0 Å². The Morgan fingerprint density at radius 3 is 2.27 bits per heavy atom. The zero-order chi connectivity index (χ0) is 10.9. The first-order valence-electron chi connectivity index (χ1n) is 6.83. The fourth-order valence-corrected chi connectivity index (χ4v) is 3.95. The van der Waals surface area contributed by atoms with Crippen LogP contribution in [0.4, 0.5) is 0 Å². The fraction of sp³-hybridized carbons (Fsp3) is 1.00. The second kappa shape index (κ2) is 4.45. The minimum absolute atomic E-state index is 0.721. The van der Waals surface area contributed by atoms with E-state index in [4.69, 9.17) is 0 Å². The summed E-state index contributed by atoms with van der Waals surface area (Å²) in [6, 6.07) is 0.845. The molecule has 15 heavy (non-hydrogen) atoms. The Hall–Kier alpha value is -0.0400. The summed E-state index contributed by atoms with van der Waals surface area (Å²) in [5.41, 5.74) is 0.721. The predicted octanol–water partition coefficient (Wildman–Crippen LogP) is 3.69. The SMILES string of the molecule is CC(C)[C@@H]1CCC2(CCCCC2)CN1C. The summed E-state index contributed by atoms with van der Waals surface area (Å²) in [4.78, 5) is 2.65. The van der Waals surface area contributed by atoms with Crippen LogP contribution in [-0.4, -0.2) is 24.5 Å². The average molecular weight is 209 g/mol. The maximum absolute atomic E-state index is 2.65. The lowest BCUT2D eigenvalue weighted by atomic mass is 9.67. The van der Waals surface area contributed by atoms with Crippen LogP contribution in [0.1, 0.15) is 58.8 Å². The number of nitrogens with zero attached hydrogens (tertiary/aromatic N) is 1. The number of likely N-dealkylation sites (tertiary alicyclic amines) is 1. The minimum atomic E-state index is 0.721. The molecule has 0 N–H and O–H groups in total. The summed E-state index contributed by atoms with van der Waals surface area (Å²) in [5, 5.41) is 0. The molecule has 0 aromatic carbocycles. The van der Waals surface area contributed by atoms with E-state index in [1.54, 1.807) is 0 Å². The van der Waals surface area contributed by atoms with E-state index in [1.807, 2.05) is 0 Å². The molecule has 1 spiro atoms. The summed E-state index contributed by atoms with van der Waals surface area (Å²) >= 11 is 0. The molecule has 0 aromatic rings. The Kier molecular flexibility index (Phi) is 3.39. The van der Waals surface area contributed by atoms with Gasteiger partial charge in [-0.2, -0.15) is 0 Å². The third-order valence-electron chi connectivity index (χ3n) is 4.81. The first kappa shape index (κ1) is 11.4. The molecule has 1 saturated carbocycles. The minimum Gasteiger partial charge on any atom is -0.303 e. The molecule has 88 valence electrons. The molecule has 2 aliphatic rings. The van der Waals surface area contributed by atoms with Gasteiger partial charge in [-0.25, -0.2) is 0 Å². The fourth-order valence-electron chi connectivity index (χ4n) is 3.95. The van der Waals surface area contributed by atoms with Crippen molar-refractivity contribution < 1.29 is 0 Å². The van der Waals surface area contributed by atoms with Crippen LogP contribution in [0.15, 0.2) is 0 Å². The van der Waals surface area contributed by atoms with E-state index in [0.717, 1.165) is 17.4 Å². The van der Waals surface area contributed by atoms with Crippen molar-refractivity contribution in [3.8, 4) is 0 Å². The molecule has 0 unspecified atom stereocenters. The molecule has 1 aliphatic carbocycles. The highest BCUT2D eigenvalue weighted by molar-refractivity contribution is 4.92. The van der Waals surface area contributed by atoms with Gasteiger partial charge in [0, 0.05) is 12.6 Å². The number of hydrogen-bond donors (Lipinski definition) is 0. The van der Waals surface area contributed by atoms with E-state index >= 15 is 0 Å². The molecular formula is C14H27N. The standard InChI is InChI=1S/C14H27N/c1-12(2)13-7-10-14(11-15(13)3)8-5-4-6-9-14/h12-13H,4-11H2,1-3H3/t13-/m0/s1. The summed E-state index contributed by atoms with van der Waals surface area (Å²) in [7, 11) is 2.35. The highest BCUT2D eigenvalue weighted by Crippen LogP contribution is 2.45. The molecule has 1 atom stereocenters. The Labute approximate surface area is 95.2 Å². The lowest BCUT2D eigenvalue weighted by molar-refractivity contribution is 0.0166. The highest BCUT2D eigenvalue weighted by Gasteiger charge is 2.39. The van der Waals surface area contributed by atoms with Gasteiger partial charge in [-0.15, -0.1) is 0 Å². The van der Waals surface area contributed by atoms with Gasteiger partial charge in [0.05, 0.1) is 0 Å². The molecule has 1 heterocycles. The van der Waals surface area contributed by atoms with E-state index in [0.29, 0.717) is 0 Å². The number of rotatable bonds is 1. The van der Waals surface area contributed by atoms with Crippen molar-refractivity contribution in [1.82, 2.24) is 4.90 Å². The molecular weight excluding hydrogens is 182 g/mol. The smallest absolute Gasteiger partial charge is 0.0116 e. The van der Waals surface area contributed by atoms with Gasteiger partial charge in [0.15, 0.2) is 0 Å². The molecule has 1 saturated heterocycles. The number of piperidine rings is 1. The van der Waals surface area contributed by atoms with E-state index < -0.39 is 0 Å². The van der Waals surface area contributed by atoms with Crippen molar-refractivity contribution in [3.63, 3.8) is 0 Å². The van der Waals surface area contributed by atoms with Gasteiger partial charge in [0.25, 0.3) is 0 Å². The van der Waals surface area contributed by atoms with Crippen molar-refractivity contribution in [2.24, 2.45) is 11.3 Å². The second-order valence-electron chi connectivity index (χ2n) is 6.33. The topological polar surface area (TPSA) is 3.24 Å². The lowest BCUT2D eigenvalue weighted by Crippen LogP contribution is -2.49. The van der Waals surface area contributed by atoms with E-state index in [1.165, 1.54) is 51.5 Å². The van der Waals surface area contributed by atoms with Gasteiger partial charge in [-0.3, -0.25) is 0 Å². The summed E-state index contributed by atoms with van der Waals surface area (Å²) in [5.74, 6) is 0.830. The summed E-state index contributed by atoms with van der Waals surface area (Å²) in [6.45, 7) is 6.12. The van der Waals surface area contributed by atoms with Gasteiger partial charge in [-0.05, 0) is 44.1 Å². The third kappa shape index (κ3) is 2.38. The molecule has 1 aliphatic heterocycles. The van der Waals surface area contributed by atoms with Crippen LogP contribution in [0.5, 0.6) is 0 Å². The van der Waals surface area contributed by atoms with E-state index in [9.17, 15) is 0 Å². The Balaban J connectivity index is 1.97. The summed E-state index contributed by atoms with van der Waals surface area (Å²) in [6.07, 6.45) is 10.4. The molecule has 1 heteroatoms. The van der Waals surface area contributed by atoms with Gasteiger partial charge in [0.2, 0.25) is 0 Å². The molecule has 0 bridgehead atoms. The summed E-state index contributed by atoms with van der Waals surface area (Å²) < 4.78 is 0. The van der Waals surface area contributed by atoms with Gasteiger partial charge in [-0.1, -0.05) is 33.1 Å². The van der Waals surface area contributed by atoms with Crippen LogP contribution < -0.4 is 0 Å². The second-order valence-corrected chi connectivity index (χ2v) is 6.33. The molecule has 0 aromatic heterocycles. The van der Waals surface area contributed by atoms with Crippen molar-refractivity contribution in [1.29, 1.82) is 0 Å². The first-order valence-corrected chi connectivity index (χ1v) is 6.83. The van der Waals surface area contributed by atoms with Crippen LogP contribution >= 0.6 is 0 Å². The third-order valence-corrected chi connectivity index (χ3v) is 4.81. The molecule has 2 rings (SSSR count). The largest absolute Gasteiger partial charge is 0.303 e. The van der Waals surface area contributed by atoms with E-state index in [2.05, 4.69) is 25.8 Å². The van der Waals surface area contributed by atoms with Gasteiger partial charge in [0.1, 0.15) is 0 Å². The Morgan fingerprint density at radius 2 is 1.73 bits per heavy atom. The quantitative estimate of drug-likeness (QED) is 0.636.